The zero-order valence-electron chi connectivity index (χ0n) is 11.8. The number of amides is 1. The predicted octanol–water partition coefficient (Wildman–Crippen LogP) is 0.758. The molecular formula is C14H19N3O4. The summed E-state index contributed by atoms with van der Waals surface area (Å²) >= 11 is 0. The maximum atomic E-state index is 12.0. The Balaban J connectivity index is 1.97. The minimum atomic E-state index is -0.485. The Bertz CT molecular complexity index is 533. The van der Waals surface area contributed by atoms with Gasteiger partial charge in [0.15, 0.2) is 0 Å². The maximum Gasteiger partial charge on any atom is 0.273 e. The molecule has 3 atom stereocenters. The molecule has 1 aromatic rings. The van der Waals surface area contributed by atoms with Gasteiger partial charge in [0.1, 0.15) is 0 Å². The lowest BCUT2D eigenvalue weighted by atomic mass is 9.83. The monoisotopic (exact) mass is 293 g/mol. The Labute approximate surface area is 122 Å². The Kier molecular flexibility index (Phi) is 4.87. The lowest BCUT2D eigenvalue weighted by Gasteiger charge is -2.42. The van der Waals surface area contributed by atoms with E-state index in [1.165, 1.54) is 6.07 Å². The van der Waals surface area contributed by atoms with E-state index in [0.717, 1.165) is 0 Å². The summed E-state index contributed by atoms with van der Waals surface area (Å²) < 4.78 is 5.47. The summed E-state index contributed by atoms with van der Waals surface area (Å²) in [7, 11) is 0. The fourth-order valence-corrected chi connectivity index (χ4v) is 2.48. The van der Waals surface area contributed by atoms with Crippen LogP contribution in [0.3, 0.4) is 0 Å². The topological polar surface area (TPSA) is 107 Å². The molecule has 2 rings (SSSR count). The number of nitro groups is 1. The fourth-order valence-electron chi connectivity index (χ4n) is 2.48. The summed E-state index contributed by atoms with van der Waals surface area (Å²) in [5.74, 6) is -0.283. The van der Waals surface area contributed by atoms with E-state index in [2.05, 4.69) is 5.32 Å². The molecule has 3 N–H and O–H groups in total. The third-order valence-electron chi connectivity index (χ3n) is 3.61. The lowest BCUT2D eigenvalue weighted by molar-refractivity contribution is -0.385. The predicted molar refractivity (Wildman–Crippen MR) is 76.7 cm³/mol. The number of nitro benzene ring substituents is 1. The van der Waals surface area contributed by atoms with Crippen molar-refractivity contribution in [1.82, 2.24) is 5.32 Å². The molecule has 1 saturated carbocycles. The largest absolute Gasteiger partial charge is 0.376 e. The first kappa shape index (κ1) is 15.4. The number of para-hydroxylation sites is 1. The van der Waals surface area contributed by atoms with Crippen LogP contribution in [0.25, 0.3) is 0 Å². The maximum absolute atomic E-state index is 12.0. The van der Waals surface area contributed by atoms with E-state index in [-0.39, 0.29) is 36.2 Å². The highest BCUT2D eigenvalue weighted by atomic mass is 16.6. The third kappa shape index (κ3) is 3.56. The average molecular weight is 293 g/mol. The van der Waals surface area contributed by atoms with Crippen molar-refractivity contribution < 1.29 is 14.5 Å². The van der Waals surface area contributed by atoms with Crippen LogP contribution in [0.5, 0.6) is 0 Å². The lowest BCUT2D eigenvalue weighted by Crippen LogP contribution is -2.65. The number of hydrogen-bond acceptors (Lipinski definition) is 5. The average Bonchev–Trinajstić information content (AvgIpc) is 2.45. The van der Waals surface area contributed by atoms with E-state index in [4.69, 9.17) is 10.5 Å². The first-order chi connectivity index (χ1) is 10.0. The van der Waals surface area contributed by atoms with Crippen LogP contribution >= 0.6 is 0 Å². The normalized spacial score (nSPS) is 24.2. The molecule has 0 spiro atoms. The zero-order valence-corrected chi connectivity index (χ0v) is 11.8. The van der Waals surface area contributed by atoms with Crippen LogP contribution in [0.2, 0.25) is 0 Å². The molecule has 0 saturated heterocycles. The molecule has 7 nitrogen and oxygen atoms in total. The van der Waals surface area contributed by atoms with Crippen molar-refractivity contribution in [3.63, 3.8) is 0 Å². The van der Waals surface area contributed by atoms with Gasteiger partial charge in [-0.25, -0.2) is 0 Å². The second-order valence-electron chi connectivity index (χ2n) is 5.05. The summed E-state index contributed by atoms with van der Waals surface area (Å²) in [5.41, 5.74) is 6.20. The number of carbonyl (C=O) groups is 1. The first-order valence-corrected chi connectivity index (χ1v) is 6.91. The van der Waals surface area contributed by atoms with Crippen molar-refractivity contribution in [2.45, 2.75) is 38.0 Å². The number of nitrogens with one attached hydrogen (secondary N) is 1. The van der Waals surface area contributed by atoms with Crippen molar-refractivity contribution in [2.75, 3.05) is 6.61 Å². The number of ether oxygens (including phenoxy) is 1. The van der Waals surface area contributed by atoms with E-state index in [1.54, 1.807) is 18.2 Å². The number of carbonyl (C=O) groups excluding carboxylic acids is 1. The minimum Gasteiger partial charge on any atom is -0.376 e. The molecule has 1 fully saturated rings. The van der Waals surface area contributed by atoms with E-state index in [0.29, 0.717) is 18.6 Å². The van der Waals surface area contributed by atoms with E-state index in [9.17, 15) is 14.9 Å². The van der Waals surface area contributed by atoms with Gasteiger partial charge in [-0.15, -0.1) is 0 Å². The molecule has 0 bridgehead atoms. The van der Waals surface area contributed by atoms with Crippen molar-refractivity contribution >= 4 is 11.6 Å². The number of hydrogen-bond donors (Lipinski definition) is 2. The standard InChI is InChI=1S/C14H19N3O4/c1-2-21-12-8-10(15)14(12)16-13(18)7-9-5-3-4-6-11(9)17(19)20/h3-6,10,12,14H,2,7-8,15H2,1H3,(H,16,18). The van der Waals surface area contributed by atoms with E-state index >= 15 is 0 Å². The molecule has 21 heavy (non-hydrogen) atoms. The van der Waals surface area contributed by atoms with Gasteiger partial charge in [0.25, 0.3) is 5.69 Å². The van der Waals surface area contributed by atoms with Gasteiger partial charge in [0.05, 0.1) is 23.5 Å². The number of nitrogens with zero attached hydrogens (tertiary/aromatic N) is 1. The van der Waals surface area contributed by atoms with E-state index in [1.807, 2.05) is 6.92 Å². The smallest absolute Gasteiger partial charge is 0.273 e. The van der Waals surface area contributed by atoms with Gasteiger partial charge >= 0.3 is 0 Å². The van der Waals surface area contributed by atoms with Crippen LogP contribution < -0.4 is 11.1 Å². The highest BCUT2D eigenvalue weighted by Crippen LogP contribution is 2.23. The SMILES string of the molecule is CCOC1CC(N)C1NC(=O)Cc1ccccc1[N+](=O)[O-]. The molecule has 1 amide bonds. The highest BCUT2D eigenvalue weighted by molar-refractivity contribution is 5.80. The Morgan fingerprint density at radius 3 is 2.86 bits per heavy atom. The Hall–Kier alpha value is -1.99. The van der Waals surface area contributed by atoms with Crippen molar-refractivity contribution in [2.24, 2.45) is 5.73 Å². The second kappa shape index (κ2) is 6.64. The summed E-state index contributed by atoms with van der Waals surface area (Å²) in [5, 5.41) is 13.7. The minimum absolute atomic E-state index is 0.0424. The number of benzene rings is 1. The van der Waals surface area contributed by atoms with Crippen LogP contribution in [-0.2, 0) is 16.0 Å². The van der Waals surface area contributed by atoms with Crippen LogP contribution in [0.4, 0.5) is 5.69 Å². The molecular weight excluding hydrogens is 274 g/mol. The molecule has 3 unspecified atom stereocenters. The molecule has 1 aromatic carbocycles. The molecule has 1 aliphatic rings. The molecule has 1 aliphatic carbocycles. The summed E-state index contributed by atoms with van der Waals surface area (Å²) in [6, 6.07) is 5.87. The van der Waals surface area contributed by atoms with Gasteiger partial charge in [0.2, 0.25) is 5.91 Å². The van der Waals surface area contributed by atoms with Gasteiger partial charge in [-0.3, -0.25) is 14.9 Å². The van der Waals surface area contributed by atoms with Gasteiger partial charge in [-0.1, -0.05) is 18.2 Å². The number of rotatable bonds is 6. The van der Waals surface area contributed by atoms with E-state index < -0.39 is 4.92 Å². The summed E-state index contributed by atoms with van der Waals surface area (Å²) in [6.07, 6.45) is 0.600. The molecule has 114 valence electrons. The van der Waals surface area contributed by atoms with Crippen molar-refractivity contribution in [3.05, 3.63) is 39.9 Å². The Morgan fingerprint density at radius 1 is 1.52 bits per heavy atom. The molecule has 0 radical (unpaired) electrons. The highest BCUT2D eigenvalue weighted by Gasteiger charge is 2.40. The fraction of sp³-hybridized carbons (Fsp3) is 0.500. The van der Waals surface area contributed by atoms with Crippen LogP contribution in [0.1, 0.15) is 18.9 Å². The van der Waals surface area contributed by atoms with Crippen molar-refractivity contribution in [3.8, 4) is 0 Å². The second-order valence-corrected chi connectivity index (χ2v) is 5.05. The third-order valence-corrected chi connectivity index (χ3v) is 3.61. The van der Waals surface area contributed by atoms with Crippen LogP contribution in [-0.4, -0.2) is 35.6 Å². The summed E-state index contributed by atoms with van der Waals surface area (Å²) in [6.45, 7) is 2.45. The first-order valence-electron chi connectivity index (χ1n) is 6.91. The molecule has 0 heterocycles. The van der Waals surface area contributed by atoms with Crippen LogP contribution in [0, 0.1) is 10.1 Å². The molecule has 0 aliphatic heterocycles. The van der Waals surface area contributed by atoms with Gasteiger partial charge in [-0.05, 0) is 13.3 Å². The zero-order chi connectivity index (χ0) is 15.4. The van der Waals surface area contributed by atoms with Gasteiger partial charge < -0.3 is 15.8 Å². The van der Waals surface area contributed by atoms with Crippen LogP contribution in [0.15, 0.2) is 24.3 Å². The van der Waals surface area contributed by atoms with Gasteiger partial charge in [0, 0.05) is 24.3 Å². The quantitative estimate of drug-likeness (QED) is 0.594. The number of nitrogens with two attached hydrogens (primary N) is 1. The van der Waals surface area contributed by atoms with Gasteiger partial charge in [-0.2, -0.15) is 0 Å². The van der Waals surface area contributed by atoms with Crippen molar-refractivity contribution in [1.29, 1.82) is 0 Å². The summed E-state index contributed by atoms with van der Waals surface area (Å²) in [4.78, 5) is 22.5. The Morgan fingerprint density at radius 2 is 2.24 bits per heavy atom. The molecule has 7 heteroatoms. The molecule has 0 aromatic heterocycles.